The summed E-state index contributed by atoms with van der Waals surface area (Å²) in [6, 6.07) is 3.22. The Kier molecular flexibility index (Phi) is 2.97. The number of carboxylic acids is 1. The zero-order valence-corrected chi connectivity index (χ0v) is 8.39. The van der Waals surface area contributed by atoms with E-state index in [9.17, 15) is 4.79 Å². The van der Waals surface area contributed by atoms with Crippen LogP contribution in [0.5, 0.6) is 0 Å². The van der Waals surface area contributed by atoms with Crippen LogP contribution in [0, 0.1) is 0 Å². The third-order valence-corrected chi connectivity index (χ3v) is 2.62. The molecule has 0 amide bonds. The van der Waals surface area contributed by atoms with Crippen molar-refractivity contribution in [2.24, 2.45) is 0 Å². The smallest absolute Gasteiger partial charge is 0.337 e. The summed E-state index contributed by atoms with van der Waals surface area (Å²) in [5, 5.41) is 13.4. The summed E-state index contributed by atoms with van der Waals surface area (Å²) in [6.45, 7) is 0.820. The Morgan fingerprint density at radius 2 is 2.33 bits per heavy atom. The van der Waals surface area contributed by atoms with Crippen molar-refractivity contribution >= 4 is 5.97 Å². The van der Waals surface area contributed by atoms with Gasteiger partial charge in [0.2, 0.25) is 0 Å². The Labute approximate surface area is 88.3 Å². The van der Waals surface area contributed by atoms with Crippen LogP contribution in [0.2, 0.25) is 0 Å². The SMILES string of the molecule is O=C(O)c1cccnc1C1CCCC[N]1. The van der Waals surface area contributed by atoms with Gasteiger partial charge >= 0.3 is 5.97 Å². The molecule has 0 aromatic carbocycles. The molecule has 1 aliphatic rings. The van der Waals surface area contributed by atoms with Crippen molar-refractivity contribution < 1.29 is 9.90 Å². The highest BCUT2D eigenvalue weighted by Crippen LogP contribution is 2.25. The Morgan fingerprint density at radius 3 is 3.00 bits per heavy atom. The van der Waals surface area contributed by atoms with Gasteiger partial charge in [-0.2, -0.15) is 0 Å². The van der Waals surface area contributed by atoms with Crippen molar-refractivity contribution in [3.8, 4) is 0 Å². The van der Waals surface area contributed by atoms with E-state index in [1.807, 2.05) is 0 Å². The summed E-state index contributed by atoms with van der Waals surface area (Å²) in [5.41, 5.74) is 0.901. The van der Waals surface area contributed by atoms with Crippen molar-refractivity contribution in [1.29, 1.82) is 0 Å². The second-order valence-corrected chi connectivity index (χ2v) is 3.66. The van der Waals surface area contributed by atoms with Gasteiger partial charge in [-0.1, -0.05) is 6.42 Å². The second kappa shape index (κ2) is 4.40. The number of aromatic carboxylic acids is 1. The predicted molar refractivity (Wildman–Crippen MR) is 54.8 cm³/mol. The van der Waals surface area contributed by atoms with Gasteiger partial charge < -0.3 is 5.11 Å². The molecule has 2 heterocycles. The quantitative estimate of drug-likeness (QED) is 0.797. The lowest BCUT2D eigenvalue weighted by Gasteiger charge is -2.22. The molecule has 4 heteroatoms. The molecule has 2 rings (SSSR count). The van der Waals surface area contributed by atoms with Gasteiger partial charge in [0, 0.05) is 12.7 Å². The van der Waals surface area contributed by atoms with E-state index in [0.29, 0.717) is 5.69 Å². The fourth-order valence-electron chi connectivity index (χ4n) is 1.87. The van der Waals surface area contributed by atoms with E-state index >= 15 is 0 Å². The van der Waals surface area contributed by atoms with Crippen LogP contribution < -0.4 is 5.32 Å². The number of aromatic nitrogens is 1. The minimum absolute atomic E-state index is 0.0222. The molecule has 15 heavy (non-hydrogen) atoms. The molecule has 4 nitrogen and oxygen atoms in total. The maximum atomic E-state index is 11.0. The molecule has 1 aliphatic heterocycles. The molecule has 1 aromatic rings. The summed E-state index contributed by atoms with van der Waals surface area (Å²) in [4.78, 5) is 15.1. The number of carbonyl (C=O) groups is 1. The van der Waals surface area contributed by atoms with Gasteiger partial charge in [-0.15, -0.1) is 0 Å². The van der Waals surface area contributed by atoms with E-state index in [-0.39, 0.29) is 11.6 Å². The van der Waals surface area contributed by atoms with Crippen molar-refractivity contribution in [2.45, 2.75) is 25.3 Å². The van der Waals surface area contributed by atoms with Gasteiger partial charge in [0.25, 0.3) is 0 Å². The first kappa shape index (κ1) is 10.1. The van der Waals surface area contributed by atoms with Crippen LogP contribution in [-0.2, 0) is 0 Å². The van der Waals surface area contributed by atoms with Crippen molar-refractivity contribution in [2.75, 3.05) is 6.54 Å². The van der Waals surface area contributed by atoms with E-state index in [4.69, 9.17) is 5.11 Å². The van der Waals surface area contributed by atoms with E-state index < -0.39 is 5.97 Å². The Hall–Kier alpha value is -1.42. The summed E-state index contributed by atoms with van der Waals surface area (Å²) in [5.74, 6) is -0.918. The minimum atomic E-state index is -0.918. The first-order valence-corrected chi connectivity index (χ1v) is 5.14. The molecule has 1 N–H and O–H groups in total. The Bertz CT molecular complexity index is 359. The van der Waals surface area contributed by atoms with E-state index in [0.717, 1.165) is 25.8 Å². The van der Waals surface area contributed by atoms with Crippen molar-refractivity contribution in [3.63, 3.8) is 0 Å². The lowest BCUT2D eigenvalue weighted by atomic mass is 9.98. The van der Waals surface area contributed by atoms with Gasteiger partial charge in [0.05, 0.1) is 17.3 Å². The average molecular weight is 205 g/mol. The zero-order valence-electron chi connectivity index (χ0n) is 8.39. The van der Waals surface area contributed by atoms with Gasteiger partial charge in [-0.3, -0.25) is 4.98 Å². The maximum Gasteiger partial charge on any atom is 0.337 e. The van der Waals surface area contributed by atoms with E-state index in [1.165, 1.54) is 0 Å². The summed E-state index contributed by atoms with van der Waals surface area (Å²) in [7, 11) is 0. The van der Waals surface area contributed by atoms with Gasteiger partial charge in [0.1, 0.15) is 0 Å². The van der Waals surface area contributed by atoms with Crippen LogP contribution in [0.25, 0.3) is 0 Å². The number of nitrogens with zero attached hydrogens (tertiary/aromatic N) is 2. The molecule has 1 saturated heterocycles. The second-order valence-electron chi connectivity index (χ2n) is 3.66. The largest absolute Gasteiger partial charge is 0.478 e. The van der Waals surface area contributed by atoms with Crippen LogP contribution in [0.4, 0.5) is 0 Å². The molecule has 1 aromatic heterocycles. The molecule has 79 valence electrons. The zero-order chi connectivity index (χ0) is 10.7. The topological polar surface area (TPSA) is 64.3 Å². The fraction of sp³-hybridized carbons (Fsp3) is 0.455. The average Bonchev–Trinajstić information content (AvgIpc) is 2.30. The first-order valence-electron chi connectivity index (χ1n) is 5.14. The molecule has 1 atom stereocenters. The highest BCUT2D eigenvalue weighted by molar-refractivity contribution is 5.88. The summed E-state index contributed by atoms with van der Waals surface area (Å²) in [6.07, 6.45) is 4.75. The first-order chi connectivity index (χ1) is 7.29. The predicted octanol–water partition coefficient (Wildman–Crippen LogP) is 1.61. The lowest BCUT2D eigenvalue weighted by Crippen LogP contribution is -2.23. The standard InChI is InChI=1S/C11H13N2O2/c14-11(15)8-4-3-7-13-10(8)9-5-1-2-6-12-9/h3-4,7,9H,1-2,5-6H2,(H,14,15). The molecule has 0 saturated carbocycles. The third-order valence-electron chi connectivity index (χ3n) is 2.62. The maximum absolute atomic E-state index is 11.0. The summed E-state index contributed by atoms with van der Waals surface area (Å²) < 4.78 is 0. The highest BCUT2D eigenvalue weighted by atomic mass is 16.4. The molecular formula is C11H13N2O2. The molecule has 0 bridgehead atoms. The van der Waals surface area contributed by atoms with Gasteiger partial charge in [0.15, 0.2) is 0 Å². The van der Waals surface area contributed by atoms with Crippen LogP contribution >= 0.6 is 0 Å². The number of rotatable bonds is 2. The van der Waals surface area contributed by atoms with E-state index in [2.05, 4.69) is 10.3 Å². The molecule has 0 spiro atoms. The van der Waals surface area contributed by atoms with Crippen LogP contribution in [0.1, 0.15) is 41.4 Å². The number of pyridine rings is 1. The van der Waals surface area contributed by atoms with Crippen LogP contribution in [-0.4, -0.2) is 22.6 Å². The molecular weight excluding hydrogens is 192 g/mol. The van der Waals surface area contributed by atoms with Crippen LogP contribution in [0.15, 0.2) is 18.3 Å². The molecule has 1 unspecified atom stereocenters. The van der Waals surface area contributed by atoms with Gasteiger partial charge in [-0.25, -0.2) is 10.1 Å². The van der Waals surface area contributed by atoms with Crippen molar-refractivity contribution in [1.82, 2.24) is 10.3 Å². The molecule has 1 radical (unpaired) electrons. The number of piperidine rings is 1. The molecule has 1 fully saturated rings. The molecule has 0 aliphatic carbocycles. The number of carboxylic acid groups (broad SMARTS) is 1. The van der Waals surface area contributed by atoms with Crippen molar-refractivity contribution in [3.05, 3.63) is 29.6 Å². The highest BCUT2D eigenvalue weighted by Gasteiger charge is 2.22. The summed E-state index contributed by atoms with van der Waals surface area (Å²) >= 11 is 0. The number of hydrogen-bond acceptors (Lipinski definition) is 2. The Morgan fingerprint density at radius 1 is 1.47 bits per heavy atom. The lowest BCUT2D eigenvalue weighted by molar-refractivity contribution is 0.0693. The fourth-order valence-corrected chi connectivity index (χ4v) is 1.87. The van der Waals surface area contributed by atoms with Gasteiger partial charge in [-0.05, 0) is 25.0 Å². The monoisotopic (exact) mass is 205 g/mol. The normalized spacial score (nSPS) is 21.2. The van der Waals surface area contributed by atoms with E-state index in [1.54, 1.807) is 18.3 Å². The Balaban J connectivity index is 2.29. The third kappa shape index (κ3) is 2.15. The van der Waals surface area contributed by atoms with Crippen LogP contribution in [0.3, 0.4) is 0 Å². The minimum Gasteiger partial charge on any atom is -0.478 e. The number of hydrogen-bond donors (Lipinski definition) is 1.